The number of aromatic nitrogens is 4. The van der Waals surface area contributed by atoms with E-state index in [0.29, 0.717) is 6.54 Å². The van der Waals surface area contributed by atoms with E-state index in [1.54, 1.807) is 12.5 Å². The molecule has 0 aliphatic carbocycles. The van der Waals surface area contributed by atoms with Gasteiger partial charge in [-0.2, -0.15) is 0 Å². The van der Waals surface area contributed by atoms with Gasteiger partial charge < -0.3 is 14.2 Å². The Morgan fingerprint density at radius 3 is 2.50 bits per heavy atom. The van der Waals surface area contributed by atoms with E-state index in [9.17, 15) is 13.5 Å². The van der Waals surface area contributed by atoms with Crippen LogP contribution in [0.2, 0.25) is 0 Å². The van der Waals surface area contributed by atoms with Crippen molar-refractivity contribution >= 4 is 20.9 Å². The molecule has 3 aromatic rings. The van der Waals surface area contributed by atoms with Gasteiger partial charge in [-0.05, 0) is 37.1 Å². The van der Waals surface area contributed by atoms with Gasteiger partial charge in [0.15, 0.2) is 0 Å². The molecule has 1 unspecified atom stereocenters. The number of nitrogens with zero attached hydrogens (tertiary/aromatic N) is 4. The number of aliphatic hydroxyl groups is 1. The van der Waals surface area contributed by atoms with E-state index in [1.165, 1.54) is 16.3 Å². The molecule has 0 fully saturated rings. The van der Waals surface area contributed by atoms with Crippen LogP contribution in [0.25, 0.3) is 11.0 Å². The maximum absolute atomic E-state index is 11.7. The lowest BCUT2D eigenvalue weighted by molar-refractivity contribution is 0.132. The summed E-state index contributed by atoms with van der Waals surface area (Å²) in [5, 5.41) is 10.3. The summed E-state index contributed by atoms with van der Waals surface area (Å²) in [4.78, 5) is 8.22. The second-order valence-electron chi connectivity index (χ2n) is 6.11. The summed E-state index contributed by atoms with van der Waals surface area (Å²) >= 11 is 0. The first-order valence-corrected chi connectivity index (χ1v) is 9.46. The van der Waals surface area contributed by atoms with Gasteiger partial charge in [-0.15, -0.1) is 0 Å². The molecule has 2 aromatic heterocycles. The highest BCUT2D eigenvalue weighted by molar-refractivity contribution is 7.90. The summed E-state index contributed by atoms with van der Waals surface area (Å²) in [5.74, 6) is 0. The van der Waals surface area contributed by atoms with Crippen molar-refractivity contribution < 1.29 is 13.5 Å². The number of aliphatic hydroxyl groups excluding tert-OH is 1. The summed E-state index contributed by atoms with van der Waals surface area (Å²) < 4.78 is 26.7. The number of sulfone groups is 1. The molecule has 8 heteroatoms. The van der Waals surface area contributed by atoms with Gasteiger partial charge in [-0.1, -0.05) is 0 Å². The van der Waals surface area contributed by atoms with Crippen LogP contribution >= 0.6 is 0 Å². The Bertz CT molecular complexity index is 988. The van der Waals surface area contributed by atoms with Crippen LogP contribution < -0.4 is 0 Å². The van der Waals surface area contributed by atoms with Crippen molar-refractivity contribution in [2.24, 2.45) is 0 Å². The highest BCUT2D eigenvalue weighted by Crippen LogP contribution is 2.19. The number of aryl methyl sites for hydroxylation is 2. The molecule has 0 amide bonds. The van der Waals surface area contributed by atoms with E-state index in [4.69, 9.17) is 0 Å². The second-order valence-corrected chi connectivity index (χ2v) is 8.02. The molecule has 0 spiro atoms. The fraction of sp³-hybridized carbons (Fsp3) is 0.375. The molecule has 2 heterocycles. The van der Waals surface area contributed by atoms with Crippen molar-refractivity contribution in [3.05, 3.63) is 42.0 Å². The van der Waals surface area contributed by atoms with Gasteiger partial charge in [0.05, 0.1) is 36.6 Å². The normalized spacial score (nSPS) is 13.5. The van der Waals surface area contributed by atoms with Crippen molar-refractivity contribution in [2.75, 3.05) is 6.26 Å². The Labute approximate surface area is 140 Å². The lowest BCUT2D eigenvalue weighted by Gasteiger charge is -2.14. The first kappa shape index (κ1) is 16.7. The van der Waals surface area contributed by atoms with E-state index < -0.39 is 15.9 Å². The second kappa shape index (κ2) is 6.03. The number of hydrogen-bond acceptors (Lipinski definition) is 5. The van der Waals surface area contributed by atoms with E-state index in [-0.39, 0.29) is 11.7 Å². The Morgan fingerprint density at radius 1 is 1.12 bits per heavy atom. The zero-order chi connectivity index (χ0) is 17.5. The van der Waals surface area contributed by atoms with Crippen LogP contribution in [0.4, 0.5) is 0 Å². The Kier molecular flexibility index (Phi) is 4.18. The monoisotopic (exact) mass is 348 g/mol. The summed E-state index contributed by atoms with van der Waals surface area (Å²) in [6, 6.07) is 4.06. The molecule has 0 bridgehead atoms. The summed E-state index contributed by atoms with van der Waals surface area (Å²) in [6.07, 6.45) is 5.00. The van der Waals surface area contributed by atoms with Gasteiger partial charge in [0.25, 0.3) is 0 Å². The molecular formula is C16H20N4O3S. The summed E-state index contributed by atoms with van der Waals surface area (Å²) in [5.41, 5.74) is 4.16. The molecule has 1 atom stereocenters. The zero-order valence-corrected chi connectivity index (χ0v) is 14.7. The minimum absolute atomic E-state index is 0.0384. The third-order valence-electron chi connectivity index (χ3n) is 4.06. The van der Waals surface area contributed by atoms with Gasteiger partial charge in [-0.3, -0.25) is 0 Å². The third-order valence-corrected chi connectivity index (χ3v) is 5.06. The summed E-state index contributed by atoms with van der Waals surface area (Å²) in [7, 11) is -3.42. The van der Waals surface area contributed by atoms with Gasteiger partial charge in [0, 0.05) is 18.6 Å². The molecule has 1 aromatic carbocycles. The average molecular weight is 348 g/mol. The van der Waals surface area contributed by atoms with E-state index in [2.05, 4.69) is 9.97 Å². The number of imidazole rings is 2. The van der Waals surface area contributed by atoms with Gasteiger partial charge in [0.1, 0.15) is 0 Å². The molecule has 3 rings (SSSR count). The van der Waals surface area contributed by atoms with Crippen molar-refractivity contribution in [3.8, 4) is 0 Å². The number of fused-ring (bicyclic) bond motifs is 1. The smallest absolute Gasteiger partial charge is 0.227 e. The highest BCUT2D eigenvalue weighted by Gasteiger charge is 2.17. The number of benzene rings is 1. The molecule has 0 aliphatic rings. The predicted octanol–water partition coefficient (Wildman–Crippen LogP) is 1.31. The van der Waals surface area contributed by atoms with Gasteiger partial charge in [0.2, 0.25) is 15.0 Å². The predicted molar refractivity (Wildman–Crippen MR) is 90.6 cm³/mol. The fourth-order valence-corrected chi connectivity index (χ4v) is 3.55. The highest BCUT2D eigenvalue weighted by atomic mass is 32.2. The van der Waals surface area contributed by atoms with Crippen molar-refractivity contribution in [1.82, 2.24) is 19.1 Å². The molecule has 1 N–H and O–H groups in total. The van der Waals surface area contributed by atoms with Crippen LogP contribution in [0.15, 0.2) is 36.0 Å². The molecular weight excluding hydrogens is 328 g/mol. The molecule has 0 saturated carbocycles. The van der Waals surface area contributed by atoms with E-state index >= 15 is 0 Å². The number of hydrogen-bond donors (Lipinski definition) is 1. The minimum Gasteiger partial charge on any atom is -0.389 e. The standard InChI is InChI=1S/C16H20N4O3S/c1-11-6-14-15(7-12(11)2)20(10-18-14)9-13(21)8-19-5-4-17-16(19)24(3,22)23/h4-7,10,13,21H,8-9H2,1-3H3. The Morgan fingerprint density at radius 2 is 1.79 bits per heavy atom. The molecule has 24 heavy (non-hydrogen) atoms. The lowest BCUT2D eigenvalue weighted by atomic mass is 10.1. The largest absolute Gasteiger partial charge is 0.389 e. The first-order chi connectivity index (χ1) is 11.3. The average Bonchev–Trinajstić information content (AvgIpc) is 3.07. The van der Waals surface area contributed by atoms with Crippen LogP contribution in [0.5, 0.6) is 0 Å². The van der Waals surface area contributed by atoms with Gasteiger partial charge >= 0.3 is 0 Å². The zero-order valence-electron chi connectivity index (χ0n) is 13.8. The Balaban J connectivity index is 1.82. The molecule has 0 saturated heterocycles. The van der Waals surface area contributed by atoms with Crippen molar-refractivity contribution in [1.29, 1.82) is 0 Å². The van der Waals surface area contributed by atoms with Crippen LogP contribution in [-0.2, 0) is 22.9 Å². The van der Waals surface area contributed by atoms with Crippen LogP contribution in [0.3, 0.4) is 0 Å². The summed E-state index contributed by atoms with van der Waals surface area (Å²) in [6.45, 7) is 4.54. The third kappa shape index (κ3) is 3.20. The Hall–Kier alpha value is -2.19. The first-order valence-electron chi connectivity index (χ1n) is 7.57. The topological polar surface area (TPSA) is 90.0 Å². The molecule has 0 radical (unpaired) electrons. The molecule has 0 aliphatic heterocycles. The van der Waals surface area contributed by atoms with Crippen LogP contribution in [-0.4, -0.2) is 45.0 Å². The fourth-order valence-electron chi connectivity index (χ4n) is 2.73. The maximum atomic E-state index is 11.7. The van der Waals surface area contributed by atoms with Crippen LogP contribution in [0, 0.1) is 13.8 Å². The van der Waals surface area contributed by atoms with Crippen molar-refractivity contribution in [3.63, 3.8) is 0 Å². The van der Waals surface area contributed by atoms with E-state index in [1.807, 2.05) is 30.5 Å². The quantitative estimate of drug-likeness (QED) is 0.751. The lowest BCUT2D eigenvalue weighted by Crippen LogP contribution is -2.23. The minimum atomic E-state index is -3.42. The number of rotatable bonds is 5. The molecule has 7 nitrogen and oxygen atoms in total. The van der Waals surface area contributed by atoms with E-state index in [0.717, 1.165) is 22.9 Å². The van der Waals surface area contributed by atoms with Crippen LogP contribution in [0.1, 0.15) is 11.1 Å². The van der Waals surface area contributed by atoms with Gasteiger partial charge in [-0.25, -0.2) is 18.4 Å². The maximum Gasteiger partial charge on any atom is 0.227 e. The SMILES string of the molecule is Cc1cc2ncn(CC(O)Cn3ccnc3S(C)(=O)=O)c2cc1C. The van der Waals surface area contributed by atoms with Crippen molar-refractivity contribution in [2.45, 2.75) is 38.2 Å². The molecule has 128 valence electrons.